The van der Waals surface area contributed by atoms with Crippen molar-refractivity contribution in [2.24, 2.45) is 0 Å². The van der Waals surface area contributed by atoms with E-state index in [2.05, 4.69) is 50.2 Å². The van der Waals surface area contributed by atoms with Gasteiger partial charge in [0.1, 0.15) is 6.29 Å². The molecule has 0 atom stereocenters. The molecule has 0 spiro atoms. The molecule has 0 aliphatic carbocycles. The van der Waals surface area contributed by atoms with Gasteiger partial charge in [-0.15, -0.1) is 23.1 Å². The van der Waals surface area contributed by atoms with Crippen LogP contribution in [0.3, 0.4) is 0 Å². The number of amides is 1. The van der Waals surface area contributed by atoms with Crippen LogP contribution < -0.4 is 15.5 Å². The van der Waals surface area contributed by atoms with Crippen LogP contribution >= 0.6 is 23.1 Å². The van der Waals surface area contributed by atoms with Gasteiger partial charge in [0, 0.05) is 48.2 Å². The van der Waals surface area contributed by atoms with Gasteiger partial charge >= 0.3 is 0 Å². The molecule has 1 amide bonds. The topological polar surface area (TPSA) is 74.3 Å². The van der Waals surface area contributed by atoms with Crippen LogP contribution in [0.15, 0.2) is 70.9 Å². The second-order valence-electron chi connectivity index (χ2n) is 7.51. The fourth-order valence-electron chi connectivity index (χ4n) is 3.28. The van der Waals surface area contributed by atoms with Gasteiger partial charge in [0.05, 0.1) is 12.2 Å². The molecule has 0 bridgehead atoms. The molecule has 0 saturated heterocycles. The van der Waals surface area contributed by atoms with Crippen molar-refractivity contribution in [3.05, 3.63) is 71.6 Å². The highest BCUT2D eigenvalue weighted by atomic mass is 32.2. The standard InChI is InChI=1S/C14H13NO2S.C12H15N3S.C2H6/c1-18-13-9-11(14(17)15-6-7-16)8-10-4-2-3-5-12(10)13;1-13-12-14-11(8-16-12)9-5-4-6-10(7-9)15(2)3;1-2/h2-5,7-9H,6H2,1H3,(H,15,17);4-8H,1-3H3,(H,13,14);1-2H3. The molecule has 1 heterocycles. The van der Waals surface area contributed by atoms with E-state index in [0.29, 0.717) is 11.8 Å². The average molecular weight is 523 g/mol. The van der Waals surface area contributed by atoms with Gasteiger partial charge < -0.3 is 20.3 Å². The molecule has 2 N–H and O–H groups in total. The van der Waals surface area contributed by atoms with E-state index >= 15 is 0 Å². The minimum Gasteiger partial charge on any atom is -0.378 e. The van der Waals surface area contributed by atoms with Gasteiger partial charge in [-0.1, -0.05) is 50.2 Å². The first-order valence-electron chi connectivity index (χ1n) is 11.7. The fraction of sp³-hybridized carbons (Fsp3) is 0.250. The molecule has 190 valence electrons. The Morgan fingerprint density at radius 1 is 1.08 bits per heavy atom. The fourth-order valence-corrected chi connectivity index (χ4v) is 4.61. The normalized spacial score (nSPS) is 9.83. The van der Waals surface area contributed by atoms with Crippen LogP contribution in [0.5, 0.6) is 0 Å². The summed E-state index contributed by atoms with van der Waals surface area (Å²) in [7, 11) is 5.97. The van der Waals surface area contributed by atoms with Gasteiger partial charge in [-0.3, -0.25) is 4.79 Å². The van der Waals surface area contributed by atoms with Crippen LogP contribution in [0.2, 0.25) is 0 Å². The molecular weight excluding hydrogens is 488 g/mol. The van der Waals surface area contributed by atoms with Crippen molar-refractivity contribution in [2.45, 2.75) is 18.7 Å². The summed E-state index contributed by atoms with van der Waals surface area (Å²) in [5.74, 6) is -0.219. The van der Waals surface area contributed by atoms with Crippen LogP contribution in [-0.4, -0.2) is 51.1 Å². The molecule has 8 heteroatoms. The minimum absolute atomic E-state index is 0.0419. The number of thiazole rings is 1. The molecule has 0 fully saturated rings. The minimum atomic E-state index is -0.219. The summed E-state index contributed by atoms with van der Waals surface area (Å²) in [6.07, 6.45) is 2.66. The third-order valence-corrected chi connectivity index (χ3v) is 6.67. The highest BCUT2D eigenvalue weighted by molar-refractivity contribution is 7.98. The van der Waals surface area contributed by atoms with Gasteiger partial charge in [-0.25, -0.2) is 4.98 Å². The van der Waals surface area contributed by atoms with Crippen molar-refractivity contribution in [3.8, 4) is 11.3 Å². The van der Waals surface area contributed by atoms with Crippen molar-refractivity contribution in [1.29, 1.82) is 0 Å². The van der Waals surface area contributed by atoms with Crippen molar-refractivity contribution in [1.82, 2.24) is 10.3 Å². The summed E-state index contributed by atoms with van der Waals surface area (Å²) >= 11 is 3.23. The zero-order valence-electron chi connectivity index (χ0n) is 21.7. The van der Waals surface area contributed by atoms with E-state index in [1.807, 2.05) is 77.6 Å². The maximum absolute atomic E-state index is 11.8. The number of hydrogen-bond acceptors (Lipinski definition) is 7. The van der Waals surface area contributed by atoms with E-state index < -0.39 is 0 Å². The maximum atomic E-state index is 11.8. The van der Waals surface area contributed by atoms with Gasteiger partial charge in [-0.05, 0) is 41.3 Å². The van der Waals surface area contributed by atoms with Crippen LogP contribution in [0.1, 0.15) is 24.2 Å². The summed E-state index contributed by atoms with van der Waals surface area (Å²) in [5.41, 5.74) is 3.96. The summed E-state index contributed by atoms with van der Waals surface area (Å²) in [6.45, 7) is 4.04. The number of carbonyl (C=O) groups excluding carboxylic acids is 2. The Labute approximate surface area is 222 Å². The molecule has 0 radical (unpaired) electrons. The molecule has 3 aromatic carbocycles. The third-order valence-electron chi connectivity index (χ3n) is 5.03. The Hall–Kier alpha value is -3.36. The van der Waals surface area contributed by atoms with Gasteiger partial charge in [0.25, 0.3) is 5.91 Å². The first-order valence-corrected chi connectivity index (χ1v) is 13.8. The number of benzene rings is 3. The summed E-state index contributed by atoms with van der Waals surface area (Å²) in [4.78, 5) is 29.7. The predicted molar refractivity (Wildman–Crippen MR) is 157 cm³/mol. The van der Waals surface area contributed by atoms with E-state index in [4.69, 9.17) is 0 Å². The van der Waals surface area contributed by atoms with E-state index in [9.17, 15) is 9.59 Å². The Bertz CT molecular complexity index is 1270. The molecular formula is C28H34N4O2S2. The number of thioether (sulfide) groups is 1. The number of carbonyl (C=O) groups is 2. The Kier molecular flexibility index (Phi) is 12.0. The maximum Gasteiger partial charge on any atom is 0.251 e. The van der Waals surface area contributed by atoms with Crippen molar-refractivity contribution in [3.63, 3.8) is 0 Å². The van der Waals surface area contributed by atoms with Crippen LogP contribution in [0, 0.1) is 0 Å². The Morgan fingerprint density at radius 2 is 1.83 bits per heavy atom. The summed E-state index contributed by atoms with van der Waals surface area (Å²) in [5, 5.41) is 10.8. The quantitative estimate of drug-likeness (QED) is 0.215. The first kappa shape index (κ1) is 28.9. The number of hydrogen-bond donors (Lipinski definition) is 2. The number of rotatable bonds is 7. The molecule has 0 aliphatic heterocycles. The van der Waals surface area contributed by atoms with Gasteiger partial charge in [-0.2, -0.15) is 0 Å². The van der Waals surface area contributed by atoms with Crippen LogP contribution in [-0.2, 0) is 4.79 Å². The molecule has 36 heavy (non-hydrogen) atoms. The zero-order valence-corrected chi connectivity index (χ0v) is 23.3. The van der Waals surface area contributed by atoms with E-state index in [1.54, 1.807) is 23.1 Å². The second-order valence-corrected chi connectivity index (χ2v) is 9.22. The van der Waals surface area contributed by atoms with Crippen molar-refractivity contribution < 1.29 is 9.59 Å². The number of fused-ring (bicyclic) bond motifs is 1. The smallest absolute Gasteiger partial charge is 0.251 e. The monoisotopic (exact) mass is 522 g/mol. The molecule has 4 rings (SSSR count). The van der Waals surface area contributed by atoms with Crippen molar-refractivity contribution >= 4 is 56.9 Å². The molecule has 0 aliphatic rings. The highest BCUT2D eigenvalue weighted by Crippen LogP contribution is 2.28. The number of aromatic nitrogens is 1. The highest BCUT2D eigenvalue weighted by Gasteiger charge is 2.09. The lowest BCUT2D eigenvalue weighted by Gasteiger charge is -2.12. The van der Waals surface area contributed by atoms with Gasteiger partial charge in [0.2, 0.25) is 0 Å². The zero-order chi connectivity index (χ0) is 26.5. The van der Waals surface area contributed by atoms with Crippen LogP contribution in [0.25, 0.3) is 22.0 Å². The molecule has 0 saturated carbocycles. The Balaban J connectivity index is 0.000000239. The largest absolute Gasteiger partial charge is 0.378 e. The number of nitrogens with one attached hydrogen (secondary N) is 2. The predicted octanol–water partition coefficient (Wildman–Crippen LogP) is 6.43. The number of nitrogens with zero attached hydrogens (tertiary/aromatic N) is 2. The van der Waals surface area contributed by atoms with E-state index in [0.717, 1.165) is 32.1 Å². The number of aldehydes is 1. The summed E-state index contributed by atoms with van der Waals surface area (Å²) in [6, 6.07) is 20.0. The molecule has 1 aromatic heterocycles. The molecule has 0 unspecified atom stereocenters. The SMILES string of the molecule is CC.CNc1nc(-c2cccc(N(C)C)c2)cs1.CSc1cc(C(=O)NCC=O)cc2ccccc12. The van der Waals surface area contributed by atoms with Gasteiger partial charge in [0.15, 0.2) is 5.13 Å². The summed E-state index contributed by atoms with van der Waals surface area (Å²) < 4.78 is 0. The second kappa shape index (κ2) is 14.9. The Morgan fingerprint density at radius 3 is 2.47 bits per heavy atom. The van der Waals surface area contributed by atoms with E-state index in [1.165, 1.54) is 5.69 Å². The third kappa shape index (κ3) is 7.83. The lowest BCUT2D eigenvalue weighted by Crippen LogP contribution is -2.25. The van der Waals surface area contributed by atoms with E-state index in [-0.39, 0.29) is 12.5 Å². The lowest BCUT2D eigenvalue weighted by molar-refractivity contribution is -0.107. The lowest BCUT2D eigenvalue weighted by atomic mass is 10.1. The average Bonchev–Trinajstić information content (AvgIpc) is 3.42. The van der Waals surface area contributed by atoms with Crippen LogP contribution in [0.4, 0.5) is 10.8 Å². The van der Waals surface area contributed by atoms with Crippen molar-refractivity contribution in [2.75, 3.05) is 44.2 Å². The number of anilines is 2. The first-order chi connectivity index (χ1) is 17.5. The molecule has 6 nitrogen and oxygen atoms in total. The molecule has 4 aromatic rings.